The van der Waals surface area contributed by atoms with Crippen molar-refractivity contribution >= 4 is 11.8 Å². The van der Waals surface area contributed by atoms with E-state index >= 15 is 0 Å². The van der Waals surface area contributed by atoms with Gasteiger partial charge in [-0.25, -0.2) is 13.8 Å². The first-order valence-electron chi connectivity index (χ1n) is 15.6. The van der Waals surface area contributed by atoms with Crippen molar-refractivity contribution in [2.75, 3.05) is 7.11 Å². The molecule has 0 aliphatic heterocycles. The number of carbonyl (C=O) groups is 2. The maximum atomic E-state index is 14.8. The topological polar surface area (TPSA) is 89.3 Å². The van der Waals surface area contributed by atoms with Crippen molar-refractivity contribution in [3.63, 3.8) is 0 Å². The summed E-state index contributed by atoms with van der Waals surface area (Å²) in [6.45, 7) is 4.21. The SMILES string of the molecule is COc1ccc(CNC(=O)C(c2nc(C)n(C)n2)N(Cc2cc(C)ccc2C2CC2)C(=O)[C@@H]2C[C@H]3CC[C@@H]2CC3(F)F)cc1. The predicted octanol–water partition coefficient (Wildman–Crippen LogP) is 5.78. The zero-order chi connectivity index (χ0) is 31.2. The zero-order valence-corrected chi connectivity index (χ0v) is 25.9. The van der Waals surface area contributed by atoms with E-state index in [1.54, 1.807) is 30.7 Å². The van der Waals surface area contributed by atoms with Crippen LogP contribution >= 0.6 is 0 Å². The Morgan fingerprint density at radius 1 is 1.11 bits per heavy atom. The maximum Gasteiger partial charge on any atom is 0.251 e. The Labute approximate surface area is 257 Å². The number of aromatic nitrogens is 3. The van der Waals surface area contributed by atoms with Crippen LogP contribution in [0.25, 0.3) is 0 Å². The van der Waals surface area contributed by atoms with Gasteiger partial charge in [0.15, 0.2) is 11.9 Å². The number of fused-ring (bicyclic) bond motifs is 3. The normalized spacial score (nSPS) is 22.8. The van der Waals surface area contributed by atoms with Crippen LogP contribution in [0.5, 0.6) is 5.75 Å². The molecule has 2 bridgehead atoms. The van der Waals surface area contributed by atoms with Crippen LogP contribution in [0.4, 0.5) is 8.78 Å². The number of hydrogen-bond acceptors (Lipinski definition) is 5. The molecule has 8 nitrogen and oxygen atoms in total. The Kier molecular flexibility index (Phi) is 8.20. The van der Waals surface area contributed by atoms with Crippen molar-refractivity contribution in [2.45, 2.75) is 83.3 Å². The van der Waals surface area contributed by atoms with E-state index in [1.807, 2.05) is 31.2 Å². The van der Waals surface area contributed by atoms with Crippen molar-refractivity contribution in [2.24, 2.45) is 24.8 Å². The fraction of sp³-hybridized carbons (Fsp3) is 0.529. The number of ether oxygens (including phenoxy) is 1. The van der Waals surface area contributed by atoms with E-state index in [1.165, 1.54) is 5.56 Å². The van der Waals surface area contributed by atoms with E-state index in [2.05, 4.69) is 33.6 Å². The van der Waals surface area contributed by atoms with Gasteiger partial charge in [-0.05, 0) is 86.6 Å². The molecule has 0 spiro atoms. The quantitative estimate of drug-likeness (QED) is 0.317. The summed E-state index contributed by atoms with van der Waals surface area (Å²) >= 11 is 0. The molecule has 7 rings (SSSR count). The van der Waals surface area contributed by atoms with E-state index in [4.69, 9.17) is 4.74 Å². The second-order valence-electron chi connectivity index (χ2n) is 12.9. The van der Waals surface area contributed by atoms with Gasteiger partial charge < -0.3 is 15.0 Å². The van der Waals surface area contributed by atoms with Crippen LogP contribution in [0.3, 0.4) is 0 Å². The van der Waals surface area contributed by atoms with Gasteiger partial charge in [0.1, 0.15) is 11.6 Å². The van der Waals surface area contributed by atoms with Crippen molar-refractivity contribution in [1.82, 2.24) is 25.0 Å². The number of rotatable bonds is 10. The van der Waals surface area contributed by atoms with Gasteiger partial charge in [0.25, 0.3) is 11.8 Å². The molecular weight excluding hydrogens is 564 g/mol. The van der Waals surface area contributed by atoms with Gasteiger partial charge in [0, 0.05) is 38.4 Å². The summed E-state index contributed by atoms with van der Waals surface area (Å²) in [5.74, 6) is -3.31. The lowest BCUT2D eigenvalue weighted by Gasteiger charge is -2.47. The fourth-order valence-corrected chi connectivity index (χ4v) is 7.07. The van der Waals surface area contributed by atoms with E-state index in [9.17, 15) is 18.4 Å². The molecule has 44 heavy (non-hydrogen) atoms. The van der Waals surface area contributed by atoms with Gasteiger partial charge in [-0.2, -0.15) is 5.10 Å². The molecule has 4 saturated carbocycles. The second kappa shape index (κ2) is 11.9. The summed E-state index contributed by atoms with van der Waals surface area (Å²) in [5, 5.41) is 7.59. The average molecular weight is 606 g/mol. The highest BCUT2D eigenvalue weighted by Crippen LogP contribution is 2.54. The number of hydrogen-bond donors (Lipinski definition) is 1. The Morgan fingerprint density at radius 2 is 1.86 bits per heavy atom. The Morgan fingerprint density at radius 3 is 2.45 bits per heavy atom. The molecule has 2 aromatic carbocycles. The minimum absolute atomic E-state index is 0.130. The number of aryl methyl sites for hydroxylation is 3. The first kappa shape index (κ1) is 30.2. The lowest BCUT2D eigenvalue weighted by Crippen LogP contribution is -2.53. The summed E-state index contributed by atoms with van der Waals surface area (Å²) in [7, 11) is 3.34. The van der Waals surface area contributed by atoms with Crippen LogP contribution in [0, 0.1) is 31.6 Å². The largest absolute Gasteiger partial charge is 0.497 e. The van der Waals surface area contributed by atoms with Crippen LogP contribution < -0.4 is 10.1 Å². The first-order valence-corrected chi connectivity index (χ1v) is 15.6. The van der Waals surface area contributed by atoms with Gasteiger partial charge >= 0.3 is 0 Å². The number of amides is 2. The van der Waals surface area contributed by atoms with Crippen molar-refractivity contribution in [3.8, 4) is 5.75 Å². The molecule has 234 valence electrons. The first-order chi connectivity index (χ1) is 21.0. The Balaban J connectivity index is 1.38. The summed E-state index contributed by atoms with van der Waals surface area (Å²) in [6.07, 6.45) is 3.03. The third kappa shape index (κ3) is 6.08. The van der Waals surface area contributed by atoms with E-state index in [-0.39, 0.29) is 37.7 Å². The standard InChI is InChI=1S/C34H41F2N5O3/c1-20-5-14-28(23-8-9-23)25(15-20)19-41(33(43)29-16-26-11-10-24(29)17-34(26,35)36)30(31-38-21(2)40(3)39-31)32(42)37-18-22-6-12-27(44-4)13-7-22/h5-7,12-15,23-24,26,29-30H,8-11,16-19H2,1-4H3,(H,37,42)/t24-,26-,29-,30?/m1/s1. The molecule has 0 saturated heterocycles. The number of carbonyl (C=O) groups excluding carboxylic acids is 2. The third-order valence-electron chi connectivity index (χ3n) is 9.81. The number of alkyl halides is 2. The monoisotopic (exact) mass is 605 g/mol. The van der Waals surface area contributed by atoms with Gasteiger partial charge in [-0.1, -0.05) is 35.9 Å². The molecule has 1 unspecified atom stereocenters. The molecule has 3 aromatic rings. The molecule has 4 aliphatic rings. The summed E-state index contributed by atoms with van der Waals surface area (Å²) in [6, 6.07) is 12.5. The van der Waals surface area contributed by atoms with Gasteiger partial charge in [-0.3, -0.25) is 14.3 Å². The van der Waals surface area contributed by atoms with Crippen LogP contribution in [-0.4, -0.2) is 44.5 Å². The Hall–Kier alpha value is -3.82. The zero-order valence-electron chi connectivity index (χ0n) is 25.9. The maximum absolute atomic E-state index is 14.8. The summed E-state index contributed by atoms with van der Waals surface area (Å²) < 4.78 is 36.4. The number of methoxy groups -OCH3 is 1. The summed E-state index contributed by atoms with van der Waals surface area (Å²) in [5.41, 5.74) is 4.07. The average Bonchev–Trinajstić information content (AvgIpc) is 3.79. The van der Waals surface area contributed by atoms with E-state index < -0.39 is 35.6 Å². The van der Waals surface area contributed by atoms with E-state index in [0.29, 0.717) is 30.3 Å². The second-order valence-corrected chi connectivity index (χ2v) is 12.9. The molecule has 10 heteroatoms. The lowest BCUT2D eigenvalue weighted by molar-refractivity contribution is -0.171. The highest BCUT2D eigenvalue weighted by atomic mass is 19.3. The number of benzene rings is 2. The minimum Gasteiger partial charge on any atom is -0.497 e. The molecule has 4 fully saturated rings. The fourth-order valence-electron chi connectivity index (χ4n) is 7.07. The van der Waals surface area contributed by atoms with Gasteiger partial charge in [-0.15, -0.1) is 0 Å². The molecule has 1 N–H and O–H groups in total. The summed E-state index contributed by atoms with van der Waals surface area (Å²) in [4.78, 5) is 35.1. The number of nitrogens with one attached hydrogen (secondary N) is 1. The molecule has 0 radical (unpaired) electrons. The van der Waals surface area contributed by atoms with Gasteiger partial charge in [0.2, 0.25) is 5.91 Å². The minimum atomic E-state index is -2.75. The van der Waals surface area contributed by atoms with Crippen molar-refractivity contribution in [3.05, 3.63) is 76.4 Å². The lowest BCUT2D eigenvalue weighted by atomic mass is 9.62. The molecular formula is C34H41F2N5O3. The highest BCUT2D eigenvalue weighted by Gasteiger charge is 2.55. The van der Waals surface area contributed by atoms with Crippen molar-refractivity contribution in [1.29, 1.82) is 0 Å². The van der Waals surface area contributed by atoms with Crippen LogP contribution in [0.2, 0.25) is 0 Å². The predicted molar refractivity (Wildman–Crippen MR) is 161 cm³/mol. The third-order valence-corrected chi connectivity index (χ3v) is 9.81. The van der Waals surface area contributed by atoms with Crippen LogP contribution in [-0.2, 0) is 29.7 Å². The smallest absolute Gasteiger partial charge is 0.251 e. The molecule has 1 aromatic heterocycles. The number of nitrogens with zero attached hydrogens (tertiary/aromatic N) is 4. The number of halogens is 2. The molecule has 4 atom stereocenters. The van der Waals surface area contributed by atoms with Crippen LogP contribution in [0.15, 0.2) is 42.5 Å². The van der Waals surface area contributed by atoms with E-state index in [0.717, 1.165) is 29.5 Å². The van der Waals surface area contributed by atoms with Gasteiger partial charge in [0.05, 0.1) is 7.11 Å². The highest BCUT2D eigenvalue weighted by molar-refractivity contribution is 5.89. The Bertz CT molecular complexity index is 1510. The molecule has 2 amide bonds. The molecule has 4 aliphatic carbocycles. The molecule has 1 heterocycles. The van der Waals surface area contributed by atoms with Crippen LogP contribution in [0.1, 0.15) is 84.4 Å². The van der Waals surface area contributed by atoms with Crippen molar-refractivity contribution < 1.29 is 23.1 Å².